The molecule has 3 heteroatoms. The summed E-state index contributed by atoms with van der Waals surface area (Å²) in [6.07, 6.45) is 1.52. The van der Waals surface area contributed by atoms with Crippen LogP contribution in [0.3, 0.4) is 0 Å². The van der Waals surface area contributed by atoms with Crippen molar-refractivity contribution in [3.63, 3.8) is 0 Å². The number of rotatable bonds is 6. The Kier molecular flexibility index (Phi) is 5.73. The van der Waals surface area contributed by atoms with Crippen LogP contribution in [0.25, 0.3) is 0 Å². The molecule has 96 valence electrons. The van der Waals surface area contributed by atoms with Crippen molar-refractivity contribution in [1.82, 2.24) is 10.6 Å². The monoisotopic (exact) mass is 228 g/mol. The summed E-state index contributed by atoms with van der Waals surface area (Å²) >= 11 is 0. The molecule has 1 aliphatic rings. The van der Waals surface area contributed by atoms with Gasteiger partial charge >= 0.3 is 0 Å². The lowest BCUT2D eigenvalue weighted by atomic mass is 9.81. The zero-order chi connectivity index (χ0) is 12.0. The van der Waals surface area contributed by atoms with Crippen LogP contribution < -0.4 is 10.6 Å². The van der Waals surface area contributed by atoms with E-state index in [1.807, 2.05) is 0 Å². The molecule has 0 radical (unpaired) electrons. The van der Waals surface area contributed by atoms with Gasteiger partial charge in [0.1, 0.15) is 0 Å². The molecular weight excluding hydrogens is 200 g/mol. The maximum absolute atomic E-state index is 5.66. The van der Waals surface area contributed by atoms with Crippen molar-refractivity contribution < 1.29 is 4.74 Å². The Hall–Kier alpha value is -0.120. The second-order valence-electron chi connectivity index (χ2n) is 5.81. The van der Waals surface area contributed by atoms with E-state index in [2.05, 4.69) is 38.3 Å². The minimum Gasteiger partial charge on any atom is -0.376 e. The van der Waals surface area contributed by atoms with E-state index in [0.717, 1.165) is 39.2 Å². The molecule has 16 heavy (non-hydrogen) atoms. The van der Waals surface area contributed by atoms with Crippen molar-refractivity contribution in [1.29, 1.82) is 0 Å². The SMILES string of the molecule is CC(C)C(C)(C)CNCCC1CNCCO1. The van der Waals surface area contributed by atoms with Gasteiger partial charge in [-0.05, 0) is 24.3 Å². The van der Waals surface area contributed by atoms with Gasteiger partial charge in [-0.25, -0.2) is 0 Å². The molecule has 0 aromatic carbocycles. The number of ether oxygens (including phenoxy) is 1. The van der Waals surface area contributed by atoms with Crippen LogP contribution in [-0.4, -0.2) is 38.9 Å². The molecule has 1 aliphatic heterocycles. The molecule has 0 spiro atoms. The van der Waals surface area contributed by atoms with E-state index in [0.29, 0.717) is 17.4 Å². The summed E-state index contributed by atoms with van der Waals surface area (Å²) in [6.45, 7) is 14.2. The van der Waals surface area contributed by atoms with E-state index in [1.54, 1.807) is 0 Å². The van der Waals surface area contributed by atoms with Crippen molar-refractivity contribution >= 4 is 0 Å². The smallest absolute Gasteiger partial charge is 0.0712 e. The molecule has 1 fully saturated rings. The quantitative estimate of drug-likeness (QED) is 0.678. The first-order chi connectivity index (χ1) is 7.52. The Morgan fingerprint density at radius 2 is 2.19 bits per heavy atom. The highest BCUT2D eigenvalue weighted by atomic mass is 16.5. The fourth-order valence-electron chi connectivity index (χ4n) is 1.68. The van der Waals surface area contributed by atoms with Crippen LogP contribution in [0.4, 0.5) is 0 Å². The Morgan fingerprint density at radius 1 is 1.44 bits per heavy atom. The van der Waals surface area contributed by atoms with Gasteiger partial charge in [0.15, 0.2) is 0 Å². The van der Waals surface area contributed by atoms with Crippen molar-refractivity contribution in [2.24, 2.45) is 11.3 Å². The number of hydrogen-bond donors (Lipinski definition) is 2. The van der Waals surface area contributed by atoms with Crippen LogP contribution in [0, 0.1) is 11.3 Å². The average molecular weight is 228 g/mol. The predicted octanol–water partition coefficient (Wildman–Crippen LogP) is 1.64. The fourth-order valence-corrected chi connectivity index (χ4v) is 1.68. The highest BCUT2D eigenvalue weighted by molar-refractivity contribution is 4.75. The average Bonchev–Trinajstić information content (AvgIpc) is 2.26. The fraction of sp³-hybridized carbons (Fsp3) is 1.00. The number of nitrogens with one attached hydrogen (secondary N) is 2. The maximum Gasteiger partial charge on any atom is 0.0712 e. The highest BCUT2D eigenvalue weighted by Crippen LogP contribution is 2.24. The first kappa shape index (κ1) is 13.9. The van der Waals surface area contributed by atoms with Gasteiger partial charge in [-0.1, -0.05) is 27.7 Å². The van der Waals surface area contributed by atoms with Gasteiger partial charge in [0.2, 0.25) is 0 Å². The predicted molar refractivity (Wildman–Crippen MR) is 68.7 cm³/mol. The third-order valence-electron chi connectivity index (χ3n) is 3.79. The lowest BCUT2D eigenvalue weighted by Crippen LogP contribution is -2.41. The van der Waals surface area contributed by atoms with Gasteiger partial charge in [0.25, 0.3) is 0 Å². The number of hydrogen-bond acceptors (Lipinski definition) is 3. The largest absolute Gasteiger partial charge is 0.376 e. The molecule has 0 bridgehead atoms. The van der Waals surface area contributed by atoms with Gasteiger partial charge in [-0.2, -0.15) is 0 Å². The van der Waals surface area contributed by atoms with Crippen molar-refractivity contribution in [2.45, 2.75) is 40.2 Å². The Balaban J connectivity index is 2.06. The molecule has 0 saturated carbocycles. The third kappa shape index (κ3) is 4.81. The van der Waals surface area contributed by atoms with Crippen LogP contribution in [0.1, 0.15) is 34.1 Å². The van der Waals surface area contributed by atoms with Crippen molar-refractivity contribution in [3.8, 4) is 0 Å². The molecule has 0 aromatic rings. The Morgan fingerprint density at radius 3 is 2.75 bits per heavy atom. The second-order valence-corrected chi connectivity index (χ2v) is 5.81. The summed E-state index contributed by atoms with van der Waals surface area (Å²) in [7, 11) is 0. The summed E-state index contributed by atoms with van der Waals surface area (Å²) in [5.74, 6) is 0.715. The van der Waals surface area contributed by atoms with E-state index < -0.39 is 0 Å². The van der Waals surface area contributed by atoms with E-state index >= 15 is 0 Å². The molecule has 3 nitrogen and oxygen atoms in total. The van der Waals surface area contributed by atoms with Gasteiger partial charge in [-0.3, -0.25) is 0 Å². The molecule has 1 rings (SSSR count). The molecule has 1 atom stereocenters. The maximum atomic E-state index is 5.66. The third-order valence-corrected chi connectivity index (χ3v) is 3.79. The molecule has 0 aromatic heterocycles. The van der Waals surface area contributed by atoms with Gasteiger partial charge in [0.05, 0.1) is 12.7 Å². The van der Waals surface area contributed by atoms with Crippen LogP contribution in [0.2, 0.25) is 0 Å². The topological polar surface area (TPSA) is 33.3 Å². The number of morpholine rings is 1. The van der Waals surface area contributed by atoms with Crippen LogP contribution in [0.15, 0.2) is 0 Å². The van der Waals surface area contributed by atoms with Crippen LogP contribution in [0.5, 0.6) is 0 Å². The van der Waals surface area contributed by atoms with Crippen LogP contribution in [-0.2, 0) is 4.74 Å². The summed E-state index contributed by atoms with van der Waals surface area (Å²) < 4.78 is 5.66. The lowest BCUT2D eigenvalue weighted by molar-refractivity contribution is 0.0234. The molecule has 0 aliphatic carbocycles. The first-order valence-corrected chi connectivity index (χ1v) is 6.55. The van der Waals surface area contributed by atoms with E-state index in [1.165, 1.54) is 0 Å². The summed E-state index contributed by atoms with van der Waals surface area (Å²) in [5.41, 5.74) is 0.381. The standard InChI is InChI=1S/C13H28N2O/c1-11(2)13(3,4)10-15-6-5-12-9-14-7-8-16-12/h11-12,14-15H,5-10H2,1-4H3. The molecule has 1 heterocycles. The van der Waals surface area contributed by atoms with Gasteiger partial charge < -0.3 is 15.4 Å². The zero-order valence-electron chi connectivity index (χ0n) is 11.3. The molecule has 0 amide bonds. The van der Waals surface area contributed by atoms with Crippen molar-refractivity contribution in [2.75, 3.05) is 32.8 Å². The highest BCUT2D eigenvalue weighted by Gasteiger charge is 2.21. The first-order valence-electron chi connectivity index (χ1n) is 6.55. The van der Waals surface area contributed by atoms with E-state index in [-0.39, 0.29) is 0 Å². The minimum absolute atomic E-state index is 0.381. The molecule has 1 saturated heterocycles. The zero-order valence-corrected chi connectivity index (χ0v) is 11.3. The minimum atomic E-state index is 0.381. The Bertz CT molecular complexity index is 186. The molecule has 1 unspecified atom stereocenters. The van der Waals surface area contributed by atoms with Gasteiger partial charge in [0, 0.05) is 19.6 Å². The summed E-state index contributed by atoms with van der Waals surface area (Å²) in [6, 6.07) is 0. The normalized spacial score (nSPS) is 22.7. The van der Waals surface area contributed by atoms with E-state index in [4.69, 9.17) is 4.74 Å². The Labute approximate surface area is 100 Å². The van der Waals surface area contributed by atoms with Crippen LogP contribution >= 0.6 is 0 Å². The van der Waals surface area contributed by atoms with Crippen molar-refractivity contribution in [3.05, 3.63) is 0 Å². The molecular formula is C13H28N2O. The van der Waals surface area contributed by atoms with E-state index in [9.17, 15) is 0 Å². The lowest BCUT2D eigenvalue weighted by Gasteiger charge is -2.30. The second kappa shape index (κ2) is 6.58. The van der Waals surface area contributed by atoms with Gasteiger partial charge in [-0.15, -0.1) is 0 Å². The molecule has 2 N–H and O–H groups in total. The summed E-state index contributed by atoms with van der Waals surface area (Å²) in [4.78, 5) is 0. The summed E-state index contributed by atoms with van der Waals surface area (Å²) in [5, 5.41) is 6.90.